The van der Waals surface area contributed by atoms with Gasteiger partial charge >= 0.3 is 0 Å². The molecule has 0 rings (SSSR count). The van der Waals surface area contributed by atoms with Crippen LogP contribution in [0.5, 0.6) is 0 Å². The van der Waals surface area contributed by atoms with Crippen LogP contribution in [0.25, 0.3) is 0 Å². The van der Waals surface area contributed by atoms with Crippen molar-refractivity contribution in [1.82, 2.24) is 0 Å². The molecule has 0 aliphatic rings. The molecule has 0 aliphatic heterocycles. The molecule has 0 nitrogen and oxygen atoms in total. The Morgan fingerprint density at radius 3 is 2.60 bits per heavy atom. The van der Waals surface area contributed by atoms with Crippen molar-refractivity contribution in [1.29, 1.82) is 0 Å². The minimum Gasteiger partial charge on any atom is -0.0651 e. The Kier molecular flexibility index (Phi) is 1.44. The average Bonchev–Trinajstić information content (AvgIpc) is 1.65. The Bertz CT molecular complexity index is 23.1. The largest absolute Gasteiger partial charge is 0.0651 e. The van der Waals surface area contributed by atoms with Crippen LogP contribution in [0.1, 0.15) is 28.5 Å². The SMILES string of the molecule is [2H]C[C@H](C)CC. The number of rotatable bonds is 1. The van der Waals surface area contributed by atoms with Gasteiger partial charge in [0, 0.05) is 1.37 Å². The summed E-state index contributed by atoms with van der Waals surface area (Å²) in [6.07, 6.45) is 1.14. The average molecular weight is 73.2 g/mol. The maximum absolute atomic E-state index is 6.81. The highest BCUT2D eigenvalue weighted by Crippen LogP contribution is 1.93. The summed E-state index contributed by atoms with van der Waals surface area (Å²) < 4.78 is 6.81. The Labute approximate surface area is 35.6 Å². The first kappa shape index (κ1) is 3.20. The Morgan fingerprint density at radius 2 is 2.60 bits per heavy atom. The molecule has 0 radical (unpaired) electrons. The first-order chi connectivity index (χ1) is 2.81. The summed E-state index contributed by atoms with van der Waals surface area (Å²) >= 11 is 0. The van der Waals surface area contributed by atoms with Crippen LogP contribution in [0.15, 0.2) is 0 Å². The van der Waals surface area contributed by atoms with E-state index >= 15 is 0 Å². The normalized spacial score (nSPS) is 17.6. The highest BCUT2D eigenvalue weighted by molar-refractivity contribution is 4.32. The fourth-order valence-electron chi connectivity index (χ4n) is 0. The van der Waals surface area contributed by atoms with Crippen molar-refractivity contribution >= 4 is 0 Å². The molecule has 0 bridgehead atoms. The van der Waals surface area contributed by atoms with Gasteiger partial charge in [0.15, 0.2) is 0 Å². The summed E-state index contributed by atoms with van der Waals surface area (Å²) in [6.45, 7) is 4.78. The third-order valence-electron chi connectivity index (χ3n) is 0.697. The van der Waals surface area contributed by atoms with Gasteiger partial charge in [-0.1, -0.05) is 27.2 Å². The molecule has 1 atom stereocenters. The third kappa shape index (κ3) is 4.00. The molecule has 0 spiro atoms. The smallest absolute Gasteiger partial charge is 0.0233 e. The van der Waals surface area contributed by atoms with Crippen LogP contribution >= 0.6 is 0 Å². The van der Waals surface area contributed by atoms with E-state index < -0.39 is 0 Å². The lowest BCUT2D eigenvalue weighted by Gasteiger charge is -1.90. The van der Waals surface area contributed by atoms with E-state index in [1.807, 2.05) is 0 Å². The van der Waals surface area contributed by atoms with Crippen molar-refractivity contribution < 1.29 is 1.37 Å². The van der Waals surface area contributed by atoms with Crippen molar-refractivity contribution in [2.45, 2.75) is 27.2 Å². The predicted molar refractivity (Wildman–Crippen MR) is 25.1 cm³/mol. The van der Waals surface area contributed by atoms with E-state index in [-0.39, 0.29) is 0 Å². The van der Waals surface area contributed by atoms with Gasteiger partial charge in [0.1, 0.15) is 0 Å². The van der Waals surface area contributed by atoms with E-state index in [1.165, 1.54) is 0 Å². The minimum absolute atomic E-state index is 0.580. The van der Waals surface area contributed by atoms with E-state index in [0.717, 1.165) is 6.42 Å². The molecule has 0 aromatic rings. The van der Waals surface area contributed by atoms with Gasteiger partial charge in [-0.25, -0.2) is 0 Å². The first-order valence-electron chi connectivity index (χ1n) is 2.81. The van der Waals surface area contributed by atoms with Crippen LogP contribution in [-0.2, 0) is 0 Å². The fourth-order valence-corrected chi connectivity index (χ4v) is 0. The van der Waals surface area contributed by atoms with Crippen molar-refractivity contribution in [3.63, 3.8) is 0 Å². The molecule has 5 heavy (non-hydrogen) atoms. The van der Waals surface area contributed by atoms with Gasteiger partial charge in [0.2, 0.25) is 0 Å². The zero-order valence-corrected chi connectivity index (χ0v) is 3.99. The van der Waals surface area contributed by atoms with Crippen molar-refractivity contribution in [2.24, 2.45) is 5.92 Å². The summed E-state index contributed by atoms with van der Waals surface area (Å²) in [5.74, 6) is 0.602. The maximum Gasteiger partial charge on any atom is 0.0233 e. The Morgan fingerprint density at radius 1 is 2.00 bits per heavy atom. The molecule has 0 aliphatic carbocycles. The van der Waals surface area contributed by atoms with Crippen LogP contribution in [0, 0.1) is 5.92 Å². The van der Waals surface area contributed by atoms with Gasteiger partial charge in [0.05, 0.1) is 0 Å². The monoisotopic (exact) mass is 73.1 g/mol. The molecule has 0 aromatic heterocycles. The molecular formula is C5H12. The minimum atomic E-state index is 0.580. The van der Waals surface area contributed by atoms with Crippen LogP contribution < -0.4 is 0 Å². The fraction of sp³-hybridized carbons (Fsp3) is 1.00. The standard InChI is InChI=1S/C5H12/c1-4-5(2)3/h5H,4H2,1-3H3/i2D/t5-/m1/s1. The summed E-state index contributed by atoms with van der Waals surface area (Å²) in [5, 5.41) is 0. The topological polar surface area (TPSA) is 0 Å². The zero-order valence-electron chi connectivity index (χ0n) is 4.99. The molecular weight excluding hydrogens is 60.1 g/mol. The quantitative estimate of drug-likeness (QED) is 0.445. The molecule has 0 amide bonds. The second-order valence-electron chi connectivity index (χ2n) is 1.51. The molecule has 0 heteroatoms. The van der Waals surface area contributed by atoms with E-state index in [0.29, 0.717) is 12.8 Å². The van der Waals surface area contributed by atoms with Crippen LogP contribution in [0.4, 0.5) is 0 Å². The van der Waals surface area contributed by atoms with Crippen LogP contribution in [-0.4, -0.2) is 0 Å². The van der Waals surface area contributed by atoms with Crippen molar-refractivity contribution in [3.8, 4) is 0 Å². The van der Waals surface area contributed by atoms with Gasteiger partial charge in [-0.3, -0.25) is 0 Å². The van der Waals surface area contributed by atoms with Gasteiger partial charge < -0.3 is 0 Å². The Balaban J connectivity index is 2.75. The summed E-state index contributed by atoms with van der Waals surface area (Å²) in [6, 6.07) is 0. The molecule has 0 aromatic carbocycles. The number of hydrogen-bond donors (Lipinski definition) is 0. The lowest BCUT2D eigenvalue weighted by molar-refractivity contribution is 0.626. The second-order valence-corrected chi connectivity index (χ2v) is 1.51. The maximum atomic E-state index is 6.81. The molecule has 0 unspecified atom stereocenters. The lowest BCUT2D eigenvalue weighted by atomic mass is 10.2. The summed E-state index contributed by atoms with van der Waals surface area (Å²) in [7, 11) is 0. The summed E-state index contributed by atoms with van der Waals surface area (Å²) in [5.41, 5.74) is 0. The number of hydrogen-bond acceptors (Lipinski definition) is 0. The molecule has 0 saturated heterocycles. The van der Waals surface area contributed by atoms with E-state index in [2.05, 4.69) is 13.8 Å². The highest BCUT2D eigenvalue weighted by atomic mass is 13.9. The van der Waals surface area contributed by atoms with Gasteiger partial charge in [-0.2, -0.15) is 0 Å². The van der Waals surface area contributed by atoms with Gasteiger partial charge in [-0.05, 0) is 5.92 Å². The van der Waals surface area contributed by atoms with E-state index in [1.54, 1.807) is 0 Å². The van der Waals surface area contributed by atoms with Crippen molar-refractivity contribution in [2.75, 3.05) is 0 Å². The van der Waals surface area contributed by atoms with Gasteiger partial charge in [-0.15, -0.1) is 0 Å². The second kappa shape index (κ2) is 2.25. The summed E-state index contributed by atoms with van der Waals surface area (Å²) in [4.78, 5) is 0. The molecule has 0 fully saturated rings. The van der Waals surface area contributed by atoms with E-state index in [9.17, 15) is 0 Å². The predicted octanol–water partition coefficient (Wildman–Crippen LogP) is 2.05. The third-order valence-corrected chi connectivity index (χ3v) is 0.697. The zero-order chi connectivity index (χ0) is 4.99. The first-order valence-corrected chi connectivity index (χ1v) is 2.10. The van der Waals surface area contributed by atoms with Crippen molar-refractivity contribution in [3.05, 3.63) is 0 Å². The molecule has 0 saturated carbocycles. The Hall–Kier alpha value is 0. The highest BCUT2D eigenvalue weighted by Gasteiger charge is 1.80. The molecule has 32 valence electrons. The van der Waals surface area contributed by atoms with Gasteiger partial charge in [0.25, 0.3) is 0 Å². The molecule has 0 N–H and O–H groups in total. The lowest BCUT2D eigenvalue weighted by Crippen LogP contribution is -1.77. The van der Waals surface area contributed by atoms with E-state index in [4.69, 9.17) is 1.37 Å². The molecule has 0 heterocycles. The van der Waals surface area contributed by atoms with Crippen LogP contribution in [0.3, 0.4) is 0 Å². The van der Waals surface area contributed by atoms with Crippen LogP contribution in [0.2, 0.25) is 0 Å².